The van der Waals surface area contributed by atoms with E-state index in [9.17, 15) is 13.2 Å². The van der Waals surface area contributed by atoms with E-state index in [1.807, 2.05) is 24.3 Å². The summed E-state index contributed by atoms with van der Waals surface area (Å²) in [6.45, 7) is 5.87. The van der Waals surface area contributed by atoms with Gasteiger partial charge in [-0.3, -0.25) is 4.79 Å². The van der Waals surface area contributed by atoms with Crippen molar-refractivity contribution in [2.45, 2.75) is 44.0 Å². The van der Waals surface area contributed by atoms with Gasteiger partial charge in [0.1, 0.15) is 5.75 Å². The molecule has 162 valence electrons. The van der Waals surface area contributed by atoms with Crippen molar-refractivity contribution >= 4 is 15.9 Å². The van der Waals surface area contributed by atoms with E-state index in [1.165, 1.54) is 29.1 Å². The Hall–Kier alpha value is -2.38. The fourth-order valence-corrected chi connectivity index (χ4v) is 4.82. The molecule has 1 fully saturated rings. The van der Waals surface area contributed by atoms with Crippen LogP contribution in [0, 0.1) is 0 Å². The minimum absolute atomic E-state index is 0.0900. The summed E-state index contributed by atoms with van der Waals surface area (Å²) in [5.74, 6) is 0.623. The lowest BCUT2D eigenvalue weighted by molar-refractivity contribution is 0.0789. The lowest BCUT2D eigenvalue weighted by atomic mass is 10.0. The molecule has 1 aliphatic rings. The number of methoxy groups -OCH3 is 1. The highest BCUT2D eigenvalue weighted by Crippen LogP contribution is 2.27. The molecule has 6 nitrogen and oxygen atoms in total. The summed E-state index contributed by atoms with van der Waals surface area (Å²) in [6, 6.07) is 12.5. The number of carbonyl (C=O) groups excluding carboxylic acids is 1. The van der Waals surface area contributed by atoms with Gasteiger partial charge in [-0.05, 0) is 48.1 Å². The molecule has 0 N–H and O–H groups in total. The second-order valence-electron chi connectivity index (χ2n) is 8.02. The molecule has 1 aliphatic heterocycles. The molecule has 1 saturated heterocycles. The van der Waals surface area contributed by atoms with Crippen molar-refractivity contribution in [1.82, 2.24) is 9.21 Å². The standard InChI is InChI=1S/C23H30N2O4S/c1-17(2)19-9-7-18(8-10-19)16-24(3)30(27,28)20-11-12-22(29-4)21(15-20)23(26)25-13-5-6-14-25/h7-12,15,17H,5-6,13-14,16H2,1-4H3. The Labute approximate surface area is 179 Å². The highest BCUT2D eigenvalue weighted by Gasteiger charge is 2.27. The van der Waals surface area contributed by atoms with Crippen LogP contribution in [0.3, 0.4) is 0 Å². The highest BCUT2D eigenvalue weighted by atomic mass is 32.2. The smallest absolute Gasteiger partial charge is 0.257 e. The minimum atomic E-state index is -3.76. The van der Waals surface area contributed by atoms with Crippen molar-refractivity contribution in [1.29, 1.82) is 0 Å². The van der Waals surface area contributed by atoms with Crippen LogP contribution >= 0.6 is 0 Å². The maximum atomic E-state index is 13.2. The molecule has 0 aliphatic carbocycles. The van der Waals surface area contributed by atoms with Crippen molar-refractivity contribution in [3.8, 4) is 5.75 Å². The van der Waals surface area contributed by atoms with Gasteiger partial charge in [-0.2, -0.15) is 4.31 Å². The van der Waals surface area contributed by atoms with Gasteiger partial charge in [0.15, 0.2) is 0 Å². The van der Waals surface area contributed by atoms with E-state index in [0.717, 1.165) is 18.4 Å². The molecule has 7 heteroatoms. The Morgan fingerprint density at radius 3 is 2.30 bits per heavy atom. The molecular formula is C23H30N2O4S. The first kappa shape index (κ1) is 22.3. The number of sulfonamides is 1. The summed E-state index contributed by atoms with van der Waals surface area (Å²) < 4.78 is 33.0. The van der Waals surface area contributed by atoms with Gasteiger partial charge in [-0.1, -0.05) is 38.1 Å². The monoisotopic (exact) mass is 430 g/mol. The molecule has 3 rings (SSSR count). The summed E-state index contributed by atoms with van der Waals surface area (Å²) >= 11 is 0. The first-order chi connectivity index (χ1) is 14.2. The Morgan fingerprint density at radius 1 is 1.10 bits per heavy atom. The average molecular weight is 431 g/mol. The summed E-state index contributed by atoms with van der Waals surface area (Å²) in [5, 5.41) is 0. The minimum Gasteiger partial charge on any atom is -0.496 e. The van der Waals surface area contributed by atoms with Crippen LogP contribution in [0.15, 0.2) is 47.4 Å². The largest absolute Gasteiger partial charge is 0.496 e. The number of benzene rings is 2. The third-order valence-corrected chi connectivity index (χ3v) is 7.35. The normalized spacial score (nSPS) is 14.5. The van der Waals surface area contributed by atoms with E-state index in [-0.39, 0.29) is 22.9 Å². The quantitative estimate of drug-likeness (QED) is 0.669. The predicted molar refractivity (Wildman–Crippen MR) is 117 cm³/mol. The molecule has 0 spiro atoms. The number of carbonyl (C=O) groups is 1. The van der Waals surface area contributed by atoms with Crippen LogP contribution in [-0.4, -0.2) is 50.8 Å². The van der Waals surface area contributed by atoms with E-state index in [4.69, 9.17) is 4.74 Å². The van der Waals surface area contributed by atoms with Crippen LogP contribution in [0.25, 0.3) is 0 Å². The molecule has 0 aromatic heterocycles. The molecule has 1 heterocycles. The lowest BCUT2D eigenvalue weighted by Crippen LogP contribution is -2.29. The van der Waals surface area contributed by atoms with Crippen LogP contribution in [0.1, 0.15) is 54.1 Å². The zero-order chi connectivity index (χ0) is 21.9. The van der Waals surface area contributed by atoms with E-state index in [0.29, 0.717) is 24.8 Å². The van der Waals surface area contributed by atoms with Gasteiger partial charge in [-0.15, -0.1) is 0 Å². The molecule has 0 saturated carbocycles. The van der Waals surface area contributed by atoms with Crippen molar-refractivity contribution < 1.29 is 17.9 Å². The molecule has 1 amide bonds. The maximum Gasteiger partial charge on any atom is 0.257 e. The van der Waals surface area contributed by atoms with Crippen molar-refractivity contribution in [3.05, 3.63) is 59.2 Å². The summed E-state index contributed by atoms with van der Waals surface area (Å²) in [4.78, 5) is 14.7. The molecule has 2 aromatic carbocycles. The summed E-state index contributed by atoms with van der Waals surface area (Å²) in [5.41, 5.74) is 2.41. The number of amides is 1. The summed E-state index contributed by atoms with van der Waals surface area (Å²) in [7, 11) is -0.724. The topological polar surface area (TPSA) is 66.9 Å². The first-order valence-corrected chi connectivity index (χ1v) is 11.7. The zero-order valence-corrected chi connectivity index (χ0v) is 18.9. The van der Waals surface area contributed by atoms with Gasteiger partial charge in [-0.25, -0.2) is 8.42 Å². The van der Waals surface area contributed by atoms with Gasteiger partial charge in [0.25, 0.3) is 5.91 Å². The van der Waals surface area contributed by atoms with E-state index < -0.39 is 10.0 Å². The van der Waals surface area contributed by atoms with Gasteiger partial charge in [0, 0.05) is 26.7 Å². The van der Waals surface area contributed by atoms with Crippen molar-refractivity contribution in [2.75, 3.05) is 27.2 Å². The number of nitrogens with zero attached hydrogens (tertiary/aromatic N) is 2. The fraction of sp³-hybridized carbons (Fsp3) is 0.435. The average Bonchev–Trinajstić information content (AvgIpc) is 3.28. The predicted octanol–water partition coefficient (Wildman–Crippen LogP) is 3.88. The number of rotatable bonds is 7. The molecule has 0 radical (unpaired) electrons. The Balaban J connectivity index is 1.85. The third-order valence-electron chi connectivity index (χ3n) is 5.55. The molecule has 0 atom stereocenters. The van der Waals surface area contributed by atoms with Gasteiger partial charge in [0.2, 0.25) is 10.0 Å². The number of hydrogen-bond donors (Lipinski definition) is 0. The second-order valence-corrected chi connectivity index (χ2v) is 10.1. The molecule has 0 bridgehead atoms. The molecule has 0 unspecified atom stereocenters. The van der Waals surface area contributed by atoms with Crippen molar-refractivity contribution in [3.63, 3.8) is 0 Å². The number of hydrogen-bond acceptors (Lipinski definition) is 4. The van der Waals surface area contributed by atoms with Crippen molar-refractivity contribution in [2.24, 2.45) is 0 Å². The van der Waals surface area contributed by atoms with Crippen LogP contribution in [0.5, 0.6) is 5.75 Å². The number of ether oxygens (including phenoxy) is 1. The number of likely N-dealkylation sites (tertiary alicyclic amines) is 1. The van der Waals surface area contributed by atoms with Crippen LogP contribution in [0.2, 0.25) is 0 Å². The maximum absolute atomic E-state index is 13.2. The van der Waals surface area contributed by atoms with Gasteiger partial charge in [0.05, 0.1) is 17.6 Å². The van der Waals surface area contributed by atoms with Crippen LogP contribution in [0.4, 0.5) is 0 Å². The Bertz CT molecular complexity index is 994. The van der Waals surface area contributed by atoms with Crippen LogP contribution in [-0.2, 0) is 16.6 Å². The second kappa shape index (κ2) is 9.18. The molecule has 2 aromatic rings. The molecular weight excluding hydrogens is 400 g/mol. The molecule has 30 heavy (non-hydrogen) atoms. The van der Waals surface area contributed by atoms with Gasteiger partial charge < -0.3 is 9.64 Å². The van der Waals surface area contributed by atoms with Gasteiger partial charge >= 0.3 is 0 Å². The van der Waals surface area contributed by atoms with E-state index in [1.54, 1.807) is 18.0 Å². The SMILES string of the molecule is COc1ccc(S(=O)(=O)N(C)Cc2ccc(C(C)C)cc2)cc1C(=O)N1CCCC1. The first-order valence-electron chi connectivity index (χ1n) is 10.3. The third kappa shape index (κ3) is 4.68. The Morgan fingerprint density at radius 2 is 1.73 bits per heavy atom. The highest BCUT2D eigenvalue weighted by molar-refractivity contribution is 7.89. The van der Waals surface area contributed by atoms with E-state index in [2.05, 4.69) is 13.8 Å². The lowest BCUT2D eigenvalue weighted by Gasteiger charge is -2.20. The van der Waals surface area contributed by atoms with E-state index >= 15 is 0 Å². The summed E-state index contributed by atoms with van der Waals surface area (Å²) in [6.07, 6.45) is 1.93. The zero-order valence-electron chi connectivity index (χ0n) is 18.1. The van der Waals surface area contributed by atoms with Crippen LogP contribution < -0.4 is 4.74 Å². The Kier molecular flexibility index (Phi) is 6.83. The fourth-order valence-electron chi connectivity index (χ4n) is 3.64.